The van der Waals surface area contributed by atoms with Gasteiger partial charge >= 0.3 is 0 Å². The van der Waals surface area contributed by atoms with E-state index in [0.29, 0.717) is 26.4 Å². The normalized spacial score (nSPS) is 30.5. The van der Waals surface area contributed by atoms with Crippen molar-refractivity contribution in [2.24, 2.45) is 0 Å². The summed E-state index contributed by atoms with van der Waals surface area (Å²) in [4.78, 5) is 0. The number of rotatable bonds is 10. The first-order valence-corrected chi connectivity index (χ1v) is 10.7. The molecule has 0 spiro atoms. The molecule has 2 aromatic carbocycles. The summed E-state index contributed by atoms with van der Waals surface area (Å²) in [5.74, 6) is 0. The van der Waals surface area contributed by atoms with Crippen molar-refractivity contribution in [2.45, 2.75) is 57.1 Å². The van der Waals surface area contributed by atoms with Gasteiger partial charge in [0.2, 0.25) is 0 Å². The van der Waals surface area contributed by atoms with Gasteiger partial charge in [-0.15, -0.1) is 6.58 Å². The van der Waals surface area contributed by atoms with Gasteiger partial charge in [-0.1, -0.05) is 66.7 Å². The lowest BCUT2D eigenvalue weighted by Crippen LogP contribution is -2.43. The molecule has 2 aliphatic heterocycles. The lowest BCUT2D eigenvalue weighted by molar-refractivity contribution is -0.185. The summed E-state index contributed by atoms with van der Waals surface area (Å²) in [5.41, 5.74) is 2.15. The monoisotopic (exact) mass is 426 g/mol. The molecule has 2 fully saturated rings. The fraction of sp³-hybridized carbons (Fsp3) is 0.440. The van der Waals surface area contributed by atoms with Crippen LogP contribution in [0.15, 0.2) is 73.3 Å². The van der Waals surface area contributed by atoms with Gasteiger partial charge in [-0.05, 0) is 18.1 Å². The predicted molar refractivity (Wildman–Crippen MR) is 115 cm³/mol. The van der Waals surface area contributed by atoms with Gasteiger partial charge in [0.05, 0.1) is 26.4 Å². The molecule has 1 unspecified atom stereocenters. The zero-order chi connectivity index (χ0) is 21.5. The van der Waals surface area contributed by atoms with Crippen molar-refractivity contribution in [3.8, 4) is 0 Å². The van der Waals surface area contributed by atoms with Crippen molar-refractivity contribution in [3.05, 3.63) is 84.4 Å². The Labute approximate surface area is 183 Å². The summed E-state index contributed by atoms with van der Waals surface area (Å²) in [7, 11) is 0. The summed E-state index contributed by atoms with van der Waals surface area (Å²) in [6.45, 7) is 7.29. The first kappa shape index (κ1) is 22.1. The van der Waals surface area contributed by atoms with Crippen LogP contribution in [0.2, 0.25) is 0 Å². The molecule has 6 nitrogen and oxygen atoms in total. The second-order valence-electron chi connectivity index (χ2n) is 7.69. The van der Waals surface area contributed by atoms with Crippen LogP contribution in [0.1, 0.15) is 18.1 Å². The lowest BCUT2D eigenvalue weighted by Gasteiger charge is -2.26. The molecule has 0 aromatic heterocycles. The topological polar surface area (TPSA) is 55.4 Å². The first-order chi connectivity index (χ1) is 15.2. The molecule has 2 saturated heterocycles. The highest BCUT2D eigenvalue weighted by Crippen LogP contribution is 2.34. The molecule has 0 saturated carbocycles. The van der Waals surface area contributed by atoms with Gasteiger partial charge < -0.3 is 28.4 Å². The second kappa shape index (κ2) is 11.0. The SMILES string of the molecule is C=CCO[C@@H]1O[C@H]([C@H]2COC(C)O2)[C@@H](OCc2ccccc2)[C@H]1OCc1ccccc1. The molecule has 4 rings (SSSR count). The molecule has 31 heavy (non-hydrogen) atoms. The molecule has 2 heterocycles. The minimum atomic E-state index is -0.591. The van der Waals surface area contributed by atoms with E-state index in [4.69, 9.17) is 28.4 Å². The van der Waals surface area contributed by atoms with E-state index in [0.717, 1.165) is 11.1 Å². The minimum Gasteiger partial charge on any atom is -0.368 e. The molecule has 0 N–H and O–H groups in total. The third-order valence-corrected chi connectivity index (χ3v) is 5.38. The number of hydrogen-bond donors (Lipinski definition) is 0. The Morgan fingerprint density at radius 3 is 2.03 bits per heavy atom. The van der Waals surface area contributed by atoms with Crippen molar-refractivity contribution in [2.75, 3.05) is 13.2 Å². The average molecular weight is 427 g/mol. The second-order valence-corrected chi connectivity index (χ2v) is 7.69. The van der Waals surface area contributed by atoms with Crippen LogP contribution >= 0.6 is 0 Å². The standard InChI is InChI=1S/C25H30O6/c1-3-14-26-25-24(29-16-20-12-8-5-9-13-20)23(28-15-19-10-6-4-7-11-19)22(31-25)21-17-27-18(2)30-21/h3-13,18,21-25H,1,14-17H2,2H3/t18?,21-,22-,23-,24-,25-/m1/s1. The van der Waals surface area contributed by atoms with Crippen molar-refractivity contribution in [1.82, 2.24) is 0 Å². The summed E-state index contributed by atoms with van der Waals surface area (Å²) < 4.78 is 36.4. The van der Waals surface area contributed by atoms with Gasteiger partial charge in [-0.25, -0.2) is 0 Å². The highest BCUT2D eigenvalue weighted by Gasteiger charge is 2.52. The van der Waals surface area contributed by atoms with Crippen LogP contribution in [-0.4, -0.2) is 50.2 Å². The van der Waals surface area contributed by atoms with Gasteiger partial charge in [0.25, 0.3) is 0 Å². The highest BCUT2D eigenvalue weighted by atomic mass is 16.8. The van der Waals surface area contributed by atoms with Crippen molar-refractivity contribution < 1.29 is 28.4 Å². The molecule has 6 heteroatoms. The van der Waals surface area contributed by atoms with E-state index in [1.165, 1.54) is 0 Å². The Balaban J connectivity index is 1.52. The first-order valence-electron chi connectivity index (χ1n) is 10.7. The summed E-state index contributed by atoms with van der Waals surface area (Å²) >= 11 is 0. The number of hydrogen-bond acceptors (Lipinski definition) is 6. The van der Waals surface area contributed by atoms with E-state index in [1.807, 2.05) is 67.6 Å². The molecule has 0 bridgehead atoms. The number of benzene rings is 2. The largest absolute Gasteiger partial charge is 0.368 e. The van der Waals surface area contributed by atoms with Gasteiger partial charge in [-0.2, -0.15) is 0 Å². The Morgan fingerprint density at radius 2 is 1.48 bits per heavy atom. The van der Waals surface area contributed by atoms with Crippen LogP contribution in [0.25, 0.3) is 0 Å². The Morgan fingerprint density at radius 1 is 0.871 bits per heavy atom. The summed E-state index contributed by atoms with van der Waals surface area (Å²) in [6, 6.07) is 20.1. The average Bonchev–Trinajstić information content (AvgIpc) is 3.39. The fourth-order valence-electron chi connectivity index (χ4n) is 3.87. The van der Waals surface area contributed by atoms with Crippen molar-refractivity contribution >= 4 is 0 Å². The molecule has 166 valence electrons. The highest BCUT2D eigenvalue weighted by molar-refractivity contribution is 5.14. The maximum atomic E-state index is 6.37. The van der Waals surface area contributed by atoms with E-state index in [2.05, 4.69) is 6.58 Å². The lowest BCUT2D eigenvalue weighted by atomic mass is 10.1. The molecular weight excluding hydrogens is 396 g/mol. The Bertz CT molecular complexity index is 798. The molecule has 0 radical (unpaired) electrons. The maximum absolute atomic E-state index is 6.37. The molecule has 0 aliphatic carbocycles. The van der Waals surface area contributed by atoms with Crippen LogP contribution < -0.4 is 0 Å². The van der Waals surface area contributed by atoms with E-state index < -0.39 is 12.4 Å². The minimum absolute atomic E-state index is 0.254. The molecule has 0 amide bonds. The van der Waals surface area contributed by atoms with Gasteiger partial charge in [0.15, 0.2) is 12.6 Å². The fourth-order valence-corrected chi connectivity index (χ4v) is 3.87. The predicted octanol–water partition coefficient (Wildman–Crippen LogP) is 3.85. The summed E-state index contributed by atoms with van der Waals surface area (Å²) in [6.07, 6.45) is -0.597. The van der Waals surface area contributed by atoms with Crippen molar-refractivity contribution in [1.29, 1.82) is 0 Å². The zero-order valence-electron chi connectivity index (χ0n) is 17.8. The van der Waals surface area contributed by atoms with Crippen LogP contribution in [0, 0.1) is 0 Å². The smallest absolute Gasteiger partial charge is 0.187 e. The van der Waals surface area contributed by atoms with Crippen LogP contribution in [0.3, 0.4) is 0 Å². The molecule has 2 aromatic rings. The Kier molecular flexibility index (Phi) is 7.86. The van der Waals surface area contributed by atoms with E-state index in [-0.39, 0.29) is 24.6 Å². The van der Waals surface area contributed by atoms with Gasteiger partial charge in [-0.3, -0.25) is 0 Å². The van der Waals surface area contributed by atoms with Crippen LogP contribution in [0.4, 0.5) is 0 Å². The maximum Gasteiger partial charge on any atom is 0.187 e. The molecule has 2 aliphatic rings. The zero-order valence-corrected chi connectivity index (χ0v) is 17.8. The summed E-state index contributed by atoms with van der Waals surface area (Å²) in [5, 5.41) is 0. The van der Waals surface area contributed by atoms with Crippen LogP contribution in [0.5, 0.6) is 0 Å². The van der Waals surface area contributed by atoms with Crippen molar-refractivity contribution in [3.63, 3.8) is 0 Å². The molecular formula is C25H30O6. The van der Waals surface area contributed by atoms with E-state index in [1.54, 1.807) is 6.08 Å². The van der Waals surface area contributed by atoms with E-state index >= 15 is 0 Å². The van der Waals surface area contributed by atoms with Gasteiger partial charge in [0.1, 0.15) is 24.4 Å². The molecule has 6 atom stereocenters. The third kappa shape index (κ3) is 5.80. The van der Waals surface area contributed by atoms with Crippen LogP contribution in [-0.2, 0) is 41.6 Å². The van der Waals surface area contributed by atoms with E-state index in [9.17, 15) is 0 Å². The van der Waals surface area contributed by atoms with Gasteiger partial charge in [0, 0.05) is 0 Å². The number of ether oxygens (including phenoxy) is 6. The Hall–Kier alpha value is -2.06. The third-order valence-electron chi connectivity index (χ3n) is 5.38. The quantitative estimate of drug-likeness (QED) is 0.538.